The van der Waals surface area contributed by atoms with Gasteiger partial charge in [-0.15, -0.1) is 0 Å². The molecule has 0 amide bonds. The Hall–Kier alpha value is -1.84. The van der Waals surface area contributed by atoms with E-state index in [9.17, 15) is 0 Å². The SMILES string of the molecule is CCNCc1ccccc1Oc1cccc(COC)c1. The van der Waals surface area contributed by atoms with Gasteiger partial charge in [-0.3, -0.25) is 0 Å². The minimum absolute atomic E-state index is 0.593. The summed E-state index contributed by atoms with van der Waals surface area (Å²) in [6.07, 6.45) is 0. The molecule has 20 heavy (non-hydrogen) atoms. The van der Waals surface area contributed by atoms with Crippen LogP contribution in [0, 0.1) is 0 Å². The molecule has 0 heterocycles. The van der Waals surface area contributed by atoms with E-state index in [0.29, 0.717) is 6.61 Å². The van der Waals surface area contributed by atoms with Crippen LogP contribution >= 0.6 is 0 Å². The fourth-order valence-electron chi connectivity index (χ4n) is 2.00. The summed E-state index contributed by atoms with van der Waals surface area (Å²) in [5, 5.41) is 3.32. The molecule has 0 saturated heterocycles. The van der Waals surface area contributed by atoms with E-state index in [1.54, 1.807) is 7.11 Å². The number of rotatable bonds is 7. The second kappa shape index (κ2) is 7.68. The molecular formula is C17H21NO2. The highest BCUT2D eigenvalue weighted by Crippen LogP contribution is 2.26. The summed E-state index contributed by atoms with van der Waals surface area (Å²) < 4.78 is 11.1. The summed E-state index contributed by atoms with van der Waals surface area (Å²) in [5.74, 6) is 1.73. The highest BCUT2D eigenvalue weighted by molar-refractivity contribution is 5.38. The topological polar surface area (TPSA) is 30.5 Å². The molecule has 0 aliphatic carbocycles. The van der Waals surface area contributed by atoms with E-state index < -0.39 is 0 Å². The normalized spacial score (nSPS) is 10.5. The van der Waals surface area contributed by atoms with Gasteiger partial charge in [-0.1, -0.05) is 37.3 Å². The van der Waals surface area contributed by atoms with Crippen molar-refractivity contribution in [2.24, 2.45) is 0 Å². The maximum Gasteiger partial charge on any atom is 0.131 e. The Morgan fingerprint density at radius 1 is 1.05 bits per heavy atom. The van der Waals surface area contributed by atoms with Crippen LogP contribution in [-0.4, -0.2) is 13.7 Å². The van der Waals surface area contributed by atoms with E-state index in [-0.39, 0.29) is 0 Å². The smallest absolute Gasteiger partial charge is 0.131 e. The number of ether oxygens (including phenoxy) is 2. The molecule has 3 heteroatoms. The Morgan fingerprint density at radius 2 is 1.90 bits per heavy atom. The molecule has 0 aromatic heterocycles. The van der Waals surface area contributed by atoms with E-state index in [2.05, 4.69) is 18.3 Å². The lowest BCUT2D eigenvalue weighted by Gasteiger charge is -2.12. The van der Waals surface area contributed by atoms with Crippen molar-refractivity contribution in [1.29, 1.82) is 0 Å². The van der Waals surface area contributed by atoms with Crippen LogP contribution in [0.3, 0.4) is 0 Å². The molecule has 0 bridgehead atoms. The molecule has 2 rings (SSSR count). The fourth-order valence-corrected chi connectivity index (χ4v) is 2.00. The van der Waals surface area contributed by atoms with Gasteiger partial charge in [-0.25, -0.2) is 0 Å². The summed E-state index contributed by atoms with van der Waals surface area (Å²) in [7, 11) is 1.69. The molecule has 0 aliphatic rings. The number of hydrogen-bond donors (Lipinski definition) is 1. The van der Waals surface area contributed by atoms with Gasteiger partial charge in [0.05, 0.1) is 6.61 Å². The zero-order valence-corrected chi connectivity index (χ0v) is 12.1. The van der Waals surface area contributed by atoms with Crippen molar-refractivity contribution >= 4 is 0 Å². The van der Waals surface area contributed by atoms with Gasteiger partial charge in [0.15, 0.2) is 0 Å². The quantitative estimate of drug-likeness (QED) is 0.832. The van der Waals surface area contributed by atoms with E-state index in [4.69, 9.17) is 9.47 Å². The summed E-state index contributed by atoms with van der Waals surface area (Å²) in [6, 6.07) is 16.1. The van der Waals surface area contributed by atoms with Crippen LogP contribution in [-0.2, 0) is 17.9 Å². The van der Waals surface area contributed by atoms with Gasteiger partial charge in [-0.05, 0) is 30.3 Å². The van der Waals surface area contributed by atoms with E-state index in [1.807, 2.05) is 42.5 Å². The van der Waals surface area contributed by atoms with Crippen molar-refractivity contribution in [2.45, 2.75) is 20.1 Å². The lowest BCUT2D eigenvalue weighted by Crippen LogP contribution is -2.12. The second-order valence-electron chi connectivity index (χ2n) is 4.57. The molecule has 3 nitrogen and oxygen atoms in total. The van der Waals surface area contributed by atoms with Gasteiger partial charge in [0.2, 0.25) is 0 Å². The van der Waals surface area contributed by atoms with Crippen molar-refractivity contribution in [3.05, 3.63) is 59.7 Å². The molecule has 0 spiro atoms. The van der Waals surface area contributed by atoms with Gasteiger partial charge in [0, 0.05) is 19.2 Å². The summed E-state index contributed by atoms with van der Waals surface area (Å²) in [5.41, 5.74) is 2.26. The van der Waals surface area contributed by atoms with E-state index >= 15 is 0 Å². The summed E-state index contributed by atoms with van der Waals surface area (Å²) in [6.45, 7) is 4.44. The van der Waals surface area contributed by atoms with Crippen molar-refractivity contribution in [3.63, 3.8) is 0 Å². The van der Waals surface area contributed by atoms with Gasteiger partial charge in [0.1, 0.15) is 11.5 Å². The largest absolute Gasteiger partial charge is 0.457 e. The van der Waals surface area contributed by atoms with Gasteiger partial charge in [-0.2, -0.15) is 0 Å². The zero-order chi connectivity index (χ0) is 14.2. The van der Waals surface area contributed by atoms with Gasteiger partial charge < -0.3 is 14.8 Å². The molecule has 0 aliphatic heterocycles. The Morgan fingerprint density at radius 3 is 2.70 bits per heavy atom. The summed E-state index contributed by atoms with van der Waals surface area (Å²) >= 11 is 0. The van der Waals surface area contributed by atoms with Crippen LogP contribution in [0.4, 0.5) is 0 Å². The number of nitrogens with one attached hydrogen (secondary N) is 1. The molecule has 2 aromatic rings. The van der Waals surface area contributed by atoms with Gasteiger partial charge in [0.25, 0.3) is 0 Å². The molecule has 2 aromatic carbocycles. The lowest BCUT2D eigenvalue weighted by atomic mass is 10.2. The molecule has 106 valence electrons. The van der Waals surface area contributed by atoms with E-state index in [1.165, 1.54) is 0 Å². The first-order valence-corrected chi connectivity index (χ1v) is 6.88. The standard InChI is InChI=1S/C17H21NO2/c1-3-18-12-15-8-4-5-10-17(15)20-16-9-6-7-14(11-16)13-19-2/h4-11,18H,3,12-13H2,1-2H3. The molecular weight excluding hydrogens is 250 g/mol. The summed E-state index contributed by atoms with van der Waals surface area (Å²) in [4.78, 5) is 0. The Kier molecular flexibility index (Phi) is 5.59. The monoisotopic (exact) mass is 271 g/mol. The molecule has 0 unspecified atom stereocenters. The number of para-hydroxylation sites is 1. The van der Waals surface area contributed by atoms with Crippen molar-refractivity contribution in [1.82, 2.24) is 5.32 Å². The lowest BCUT2D eigenvalue weighted by molar-refractivity contribution is 0.184. The fraction of sp³-hybridized carbons (Fsp3) is 0.294. The molecule has 0 atom stereocenters. The predicted molar refractivity (Wildman–Crippen MR) is 81.1 cm³/mol. The van der Waals surface area contributed by atoms with Crippen molar-refractivity contribution < 1.29 is 9.47 Å². The maximum absolute atomic E-state index is 6.00. The van der Waals surface area contributed by atoms with Crippen LogP contribution in [0.25, 0.3) is 0 Å². The first-order chi connectivity index (χ1) is 9.83. The van der Waals surface area contributed by atoms with E-state index in [0.717, 1.165) is 35.7 Å². The average molecular weight is 271 g/mol. The molecule has 1 N–H and O–H groups in total. The van der Waals surface area contributed by atoms with Gasteiger partial charge >= 0.3 is 0 Å². The minimum atomic E-state index is 0.593. The number of methoxy groups -OCH3 is 1. The number of hydrogen-bond acceptors (Lipinski definition) is 3. The first kappa shape index (κ1) is 14.6. The first-order valence-electron chi connectivity index (χ1n) is 6.88. The third kappa shape index (κ3) is 4.08. The Bertz CT molecular complexity index is 540. The van der Waals surface area contributed by atoms with Crippen molar-refractivity contribution in [2.75, 3.05) is 13.7 Å². The highest BCUT2D eigenvalue weighted by Gasteiger charge is 2.04. The highest BCUT2D eigenvalue weighted by atomic mass is 16.5. The Labute approximate surface area is 120 Å². The third-order valence-corrected chi connectivity index (χ3v) is 2.98. The van der Waals surface area contributed by atoms with Crippen LogP contribution in [0.15, 0.2) is 48.5 Å². The number of benzene rings is 2. The molecule has 0 fully saturated rings. The van der Waals surface area contributed by atoms with Crippen LogP contribution in [0.1, 0.15) is 18.1 Å². The van der Waals surface area contributed by atoms with Crippen molar-refractivity contribution in [3.8, 4) is 11.5 Å². The zero-order valence-electron chi connectivity index (χ0n) is 12.1. The minimum Gasteiger partial charge on any atom is -0.457 e. The Balaban J connectivity index is 2.14. The van der Waals surface area contributed by atoms with Crippen LogP contribution in [0.5, 0.6) is 11.5 Å². The molecule has 0 radical (unpaired) electrons. The van der Waals surface area contributed by atoms with Crippen LogP contribution < -0.4 is 10.1 Å². The second-order valence-corrected chi connectivity index (χ2v) is 4.57. The molecule has 0 saturated carbocycles. The predicted octanol–water partition coefficient (Wildman–Crippen LogP) is 3.73. The van der Waals surface area contributed by atoms with Crippen LogP contribution in [0.2, 0.25) is 0 Å². The third-order valence-electron chi connectivity index (χ3n) is 2.98. The average Bonchev–Trinajstić information content (AvgIpc) is 2.47. The maximum atomic E-state index is 6.00.